The van der Waals surface area contributed by atoms with Crippen LogP contribution in [0.2, 0.25) is 5.02 Å². The molecule has 0 aliphatic rings. The summed E-state index contributed by atoms with van der Waals surface area (Å²) in [6, 6.07) is 5.00. The predicted octanol–water partition coefficient (Wildman–Crippen LogP) is 3.92. The van der Waals surface area contributed by atoms with Gasteiger partial charge in [-0.15, -0.1) is 0 Å². The van der Waals surface area contributed by atoms with Gasteiger partial charge in [-0.05, 0) is 18.2 Å². The molecule has 0 aliphatic carbocycles. The number of aromatic nitrogens is 1. The van der Waals surface area contributed by atoms with Crippen molar-refractivity contribution in [1.82, 2.24) is 4.98 Å². The maximum atomic E-state index is 12.0. The van der Waals surface area contributed by atoms with Gasteiger partial charge in [0.2, 0.25) is 0 Å². The number of anilines is 1. The summed E-state index contributed by atoms with van der Waals surface area (Å²) in [6.45, 7) is -1.08. The number of thiazole rings is 1. The topological polar surface area (TPSA) is 24.9 Å². The molecule has 1 N–H and O–H groups in total. The Morgan fingerprint density at radius 2 is 2.12 bits per heavy atom. The van der Waals surface area contributed by atoms with E-state index in [0.717, 1.165) is 16.0 Å². The lowest BCUT2D eigenvalue weighted by Gasteiger charge is -2.05. The van der Waals surface area contributed by atoms with Gasteiger partial charge in [0, 0.05) is 5.02 Å². The molecular formula is C9H6ClF3N2S. The second kappa shape index (κ2) is 4.10. The van der Waals surface area contributed by atoms with Crippen LogP contribution in [0.1, 0.15) is 0 Å². The number of halogens is 4. The number of alkyl halides is 3. The molecule has 0 saturated carbocycles. The molecule has 0 saturated heterocycles. The van der Waals surface area contributed by atoms with E-state index < -0.39 is 12.7 Å². The quantitative estimate of drug-likeness (QED) is 0.891. The van der Waals surface area contributed by atoms with Gasteiger partial charge in [0.1, 0.15) is 6.54 Å². The Morgan fingerprint density at radius 3 is 2.81 bits per heavy atom. The first-order chi connectivity index (χ1) is 7.44. The van der Waals surface area contributed by atoms with Crippen molar-refractivity contribution >= 4 is 38.3 Å². The van der Waals surface area contributed by atoms with E-state index in [4.69, 9.17) is 11.6 Å². The Bertz CT molecular complexity index is 509. The average molecular weight is 267 g/mol. The Morgan fingerprint density at radius 1 is 1.38 bits per heavy atom. The molecule has 0 aliphatic heterocycles. The maximum Gasteiger partial charge on any atom is 0.405 e. The van der Waals surface area contributed by atoms with Crippen LogP contribution in [0.15, 0.2) is 18.2 Å². The van der Waals surface area contributed by atoms with E-state index in [1.807, 2.05) is 0 Å². The monoisotopic (exact) mass is 266 g/mol. The molecule has 1 heterocycles. The number of benzene rings is 1. The molecule has 0 amide bonds. The molecule has 7 heteroatoms. The van der Waals surface area contributed by atoms with Crippen LogP contribution >= 0.6 is 22.9 Å². The fraction of sp³-hybridized carbons (Fsp3) is 0.222. The molecule has 1 aromatic heterocycles. The summed E-state index contributed by atoms with van der Waals surface area (Å²) in [6.07, 6.45) is -4.24. The lowest BCUT2D eigenvalue weighted by molar-refractivity contribution is -0.115. The van der Waals surface area contributed by atoms with Gasteiger partial charge in [-0.1, -0.05) is 22.9 Å². The fourth-order valence-electron chi connectivity index (χ4n) is 1.15. The molecule has 2 nitrogen and oxygen atoms in total. The van der Waals surface area contributed by atoms with Crippen molar-refractivity contribution in [2.24, 2.45) is 0 Å². The number of hydrogen-bond acceptors (Lipinski definition) is 3. The van der Waals surface area contributed by atoms with E-state index in [-0.39, 0.29) is 5.13 Å². The van der Waals surface area contributed by atoms with Crippen LogP contribution in [0.4, 0.5) is 18.3 Å². The summed E-state index contributed by atoms with van der Waals surface area (Å²) >= 11 is 6.90. The molecule has 16 heavy (non-hydrogen) atoms. The summed E-state index contributed by atoms with van der Waals surface area (Å²) < 4.78 is 36.6. The van der Waals surface area contributed by atoms with Gasteiger partial charge in [0.25, 0.3) is 0 Å². The van der Waals surface area contributed by atoms with Crippen LogP contribution in [0.5, 0.6) is 0 Å². The minimum absolute atomic E-state index is 0.245. The first kappa shape index (κ1) is 11.5. The van der Waals surface area contributed by atoms with Crippen LogP contribution in [-0.2, 0) is 0 Å². The van der Waals surface area contributed by atoms with Gasteiger partial charge < -0.3 is 5.32 Å². The normalized spacial score (nSPS) is 12.0. The molecule has 1 aromatic carbocycles. The van der Waals surface area contributed by atoms with Gasteiger partial charge in [0.15, 0.2) is 5.13 Å². The van der Waals surface area contributed by atoms with Crippen molar-refractivity contribution < 1.29 is 13.2 Å². The molecule has 2 aromatic rings. The average Bonchev–Trinajstić information content (AvgIpc) is 2.55. The second-order valence-electron chi connectivity index (χ2n) is 3.10. The summed E-state index contributed by atoms with van der Waals surface area (Å²) in [5.74, 6) is 0. The van der Waals surface area contributed by atoms with Crippen LogP contribution < -0.4 is 5.32 Å². The standard InChI is InChI=1S/C9H6ClF3N2S/c10-5-1-2-6-7(3-5)16-8(15-6)14-4-9(11,12)13/h1-3H,4H2,(H,14,15). The number of hydrogen-bond donors (Lipinski definition) is 1. The smallest absolute Gasteiger partial charge is 0.352 e. The predicted molar refractivity (Wildman–Crippen MR) is 59.2 cm³/mol. The highest BCUT2D eigenvalue weighted by Gasteiger charge is 2.27. The van der Waals surface area contributed by atoms with Crippen LogP contribution in [0.25, 0.3) is 10.2 Å². The summed E-state index contributed by atoms with van der Waals surface area (Å²) in [5.41, 5.74) is 0.638. The maximum absolute atomic E-state index is 12.0. The van der Waals surface area contributed by atoms with E-state index in [0.29, 0.717) is 10.5 Å². The molecule has 0 unspecified atom stereocenters. The molecule has 0 fully saturated rings. The zero-order valence-electron chi connectivity index (χ0n) is 7.81. The van der Waals surface area contributed by atoms with Crippen LogP contribution in [0, 0.1) is 0 Å². The molecule has 0 radical (unpaired) electrons. The summed E-state index contributed by atoms with van der Waals surface area (Å²) in [4.78, 5) is 4.01. The van der Waals surface area contributed by atoms with E-state index in [1.165, 1.54) is 0 Å². The third-order valence-electron chi connectivity index (χ3n) is 1.79. The Kier molecular flexibility index (Phi) is 2.94. The first-order valence-electron chi connectivity index (χ1n) is 4.31. The largest absolute Gasteiger partial charge is 0.405 e. The Hall–Kier alpha value is -1.01. The molecule has 0 atom stereocenters. The second-order valence-corrected chi connectivity index (χ2v) is 4.57. The fourth-order valence-corrected chi connectivity index (χ4v) is 2.29. The zero-order valence-corrected chi connectivity index (χ0v) is 9.38. The van der Waals surface area contributed by atoms with Gasteiger partial charge in [-0.25, -0.2) is 4.98 Å². The number of nitrogens with zero attached hydrogens (tertiary/aromatic N) is 1. The van der Waals surface area contributed by atoms with Crippen molar-refractivity contribution in [3.63, 3.8) is 0 Å². The highest BCUT2D eigenvalue weighted by Crippen LogP contribution is 2.28. The highest BCUT2D eigenvalue weighted by molar-refractivity contribution is 7.22. The lowest BCUT2D eigenvalue weighted by atomic mass is 10.3. The van der Waals surface area contributed by atoms with Gasteiger partial charge in [-0.3, -0.25) is 0 Å². The number of rotatable bonds is 2. The number of fused-ring (bicyclic) bond motifs is 1. The van der Waals surface area contributed by atoms with E-state index >= 15 is 0 Å². The molecular weight excluding hydrogens is 261 g/mol. The number of nitrogens with one attached hydrogen (secondary N) is 1. The molecule has 0 spiro atoms. The molecule has 86 valence electrons. The van der Waals surface area contributed by atoms with E-state index in [1.54, 1.807) is 18.2 Å². The van der Waals surface area contributed by atoms with Crippen LogP contribution in [-0.4, -0.2) is 17.7 Å². The summed E-state index contributed by atoms with van der Waals surface area (Å²) in [7, 11) is 0. The molecule has 2 rings (SSSR count). The zero-order chi connectivity index (χ0) is 11.8. The van der Waals surface area contributed by atoms with Crippen molar-refractivity contribution in [1.29, 1.82) is 0 Å². The lowest BCUT2D eigenvalue weighted by Crippen LogP contribution is -2.21. The van der Waals surface area contributed by atoms with Crippen molar-refractivity contribution in [2.45, 2.75) is 6.18 Å². The summed E-state index contributed by atoms with van der Waals surface area (Å²) in [5, 5.41) is 3.02. The van der Waals surface area contributed by atoms with E-state index in [9.17, 15) is 13.2 Å². The Balaban J connectivity index is 2.20. The van der Waals surface area contributed by atoms with Gasteiger partial charge >= 0.3 is 6.18 Å². The van der Waals surface area contributed by atoms with E-state index in [2.05, 4.69) is 10.3 Å². The first-order valence-corrected chi connectivity index (χ1v) is 5.50. The van der Waals surface area contributed by atoms with Crippen molar-refractivity contribution in [3.05, 3.63) is 23.2 Å². The third kappa shape index (κ3) is 2.76. The molecule has 0 bridgehead atoms. The van der Waals surface area contributed by atoms with Gasteiger partial charge in [-0.2, -0.15) is 13.2 Å². The highest BCUT2D eigenvalue weighted by atomic mass is 35.5. The third-order valence-corrected chi connectivity index (χ3v) is 3.00. The van der Waals surface area contributed by atoms with Crippen molar-refractivity contribution in [3.8, 4) is 0 Å². The minimum atomic E-state index is -4.24. The van der Waals surface area contributed by atoms with Gasteiger partial charge in [0.05, 0.1) is 10.2 Å². The van der Waals surface area contributed by atoms with Crippen LogP contribution in [0.3, 0.4) is 0 Å². The van der Waals surface area contributed by atoms with Crippen molar-refractivity contribution in [2.75, 3.05) is 11.9 Å². The SMILES string of the molecule is FC(F)(F)CNc1nc2ccc(Cl)cc2s1. The minimum Gasteiger partial charge on any atom is -0.352 e. The Labute approximate surface area is 98.1 Å².